The number of nitrogens with one attached hydrogen (secondary N) is 2. The van der Waals surface area contributed by atoms with Gasteiger partial charge in [0.2, 0.25) is 21.8 Å². The third-order valence-electron chi connectivity index (χ3n) is 4.58. The van der Waals surface area contributed by atoms with Gasteiger partial charge >= 0.3 is 0 Å². The predicted octanol–water partition coefficient (Wildman–Crippen LogP) is 2.75. The molecule has 3 rings (SSSR count). The van der Waals surface area contributed by atoms with E-state index in [4.69, 9.17) is 0 Å². The van der Waals surface area contributed by atoms with E-state index < -0.39 is 16.1 Å². The molecule has 1 aliphatic heterocycles. The largest absolute Gasteiger partial charge is 0.326 e. The molecule has 1 atom stereocenters. The lowest BCUT2D eigenvalue weighted by atomic mass is 10.2. The Morgan fingerprint density at radius 2 is 1.68 bits per heavy atom. The van der Waals surface area contributed by atoms with Gasteiger partial charge in [0.05, 0.1) is 4.90 Å². The van der Waals surface area contributed by atoms with Crippen LogP contribution in [0.4, 0.5) is 11.4 Å². The van der Waals surface area contributed by atoms with Crippen LogP contribution in [0.1, 0.15) is 25.3 Å². The van der Waals surface area contributed by atoms with Gasteiger partial charge in [0.1, 0.15) is 6.04 Å². The first-order chi connectivity index (χ1) is 13.3. The van der Waals surface area contributed by atoms with Crippen molar-refractivity contribution in [2.75, 3.05) is 17.2 Å². The fraction of sp³-hybridized carbons (Fsp3) is 0.300. The van der Waals surface area contributed by atoms with Crippen LogP contribution in [0.3, 0.4) is 0 Å². The zero-order valence-electron chi connectivity index (χ0n) is 15.8. The molecule has 0 aromatic heterocycles. The fourth-order valence-corrected chi connectivity index (χ4v) is 4.90. The second-order valence-corrected chi connectivity index (χ2v) is 8.73. The van der Waals surface area contributed by atoms with Crippen molar-refractivity contribution in [3.05, 3.63) is 54.1 Å². The molecule has 2 aromatic carbocycles. The monoisotopic (exact) mass is 401 g/mol. The highest BCUT2D eigenvalue weighted by Crippen LogP contribution is 2.27. The molecule has 0 saturated carbocycles. The number of hydrogen-bond acceptors (Lipinski definition) is 4. The molecule has 1 aliphatic rings. The number of hydrogen-bond donors (Lipinski definition) is 2. The van der Waals surface area contributed by atoms with Crippen LogP contribution in [0.25, 0.3) is 0 Å². The molecule has 148 valence electrons. The predicted molar refractivity (Wildman–Crippen MR) is 107 cm³/mol. The Labute approximate surface area is 164 Å². The van der Waals surface area contributed by atoms with Crippen LogP contribution in [0, 0.1) is 6.92 Å². The number of carbonyl (C=O) groups excluding carboxylic acids is 2. The summed E-state index contributed by atoms with van der Waals surface area (Å²) in [6.07, 6.45) is 1.08. The third-order valence-corrected chi connectivity index (χ3v) is 6.51. The van der Waals surface area contributed by atoms with Crippen molar-refractivity contribution in [3.8, 4) is 0 Å². The summed E-state index contributed by atoms with van der Waals surface area (Å²) >= 11 is 0. The fourth-order valence-electron chi connectivity index (χ4n) is 3.24. The molecule has 0 aliphatic carbocycles. The number of benzene rings is 2. The van der Waals surface area contributed by atoms with Crippen molar-refractivity contribution in [3.63, 3.8) is 0 Å². The lowest BCUT2D eigenvalue weighted by Gasteiger charge is -2.23. The molecule has 2 N–H and O–H groups in total. The Morgan fingerprint density at radius 1 is 1.04 bits per heavy atom. The molecule has 0 spiro atoms. The third kappa shape index (κ3) is 4.40. The molecule has 1 saturated heterocycles. The zero-order chi connectivity index (χ0) is 20.3. The molecule has 8 heteroatoms. The molecule has 0 bridgehead atoms. The molecule has 0 radical (unpaired) electrons. The van der Waals surface area contributed by atoms with E-state index >= 15 is 0 Å². The van der Waals surface area contributed by atoms with Crippen LogP contribution < -0.4 is 10.6 Å². The second kappa shape index (κ2) is 8.12. The van der Waals surface area contributed by atoms with Crippen molar-refractivity contribution in [2.24, 2.45) is 0 Å². The molecule has 1 heterocycles. The standard InChI is InChI=1S/C20H23N3O4S/c1-14-8-10-18(11-9-14)28(26,27)23-12-4-7-19(23)20(25)22-17-6-3-5-16(13-17)21-15(2)24/h3,5-6,8-11,13,19H,4,7,12H2,1-2H3,(H,21,24)(H,22,25)/t19-/m1/s1. The normalized spacial score (nSPS) is 17.3. The van der Waals surface area contributed by atoms with Gasteiger partial charge in [0.15, 0.2) is 0 Å². The number of nitrogens with zero attached hydrogens (tertiary/aromatic N) is 1. The summed E-state index contributed by atoms with van der Waals surface area (Å²) in [5, 5.41) is 5.41. The van der Waals surface area contributed by atoms with E-state index in [-0.39, 0.29) is 16.7 Å². The van der Waals surface area contributed by atoms with Gasteiger partial charge in [0, 0.05) is 24.8 Å². The van der Waals surface area contributed by atoms with E-state index in [1.807, 2.05) is 6.92 Å². The first-order valence-corrected chi connectivity index (χ1v) is 10.5. The van der Waals surface area contributed by atoms with Crippen molar-refractivity contribution < 1.29 is 18.0 Å². The van der Waals surface area contributed by atoms with Crippen LogP contribution in [0.5, 0.6) is 0 Å². The lowest BCUT2D eigenvalue weighted by molar-refractivity contribution is -0.119. The molecule has 2 amide bonds. The van der Waals surface area contributed by atoms with Crippen molar-refractivity contribution >= 4 is 33.2 Å². The van der Waals surface area contributed by atoms with Crippen LogP contribution in [0.15, 0.2) is 53.4 Å². The van der Waals surface area contributed by atoms with Crippen molar-refractivity contribution in [1.29, 1.82) is 0 Å². The van der Waals surface area contributed by atoms with Gasteiger partial charge in [-0.2, -0.15) is 4.31 Å². The van der Waals surface area contributed by atoms with Crippen molar-refractivity contribution in [2.45, 2.75) is 37.6 Å². The van der Waals surface area contributed by atoms with E-state index in [2.05, 4.69) is 10.6 Å². The van der Waals surface area contributed by atoms with E-state index in [9.17, 15) is 18.0 Å². The number of aryl methyl sites for hydroxylation is 1. The summed E-state index contributed by atoms with van der Waals surface area (Å²) in [7, 11) is -3.75. The van der Waals surface area contributed by atoms with E-state index in [1.165, 1.54) is 11.2 Å². The highest BCUT2D eigenvalue weighted by atomic mass is 32.2. The molecular formula is C20H23N3O4S. The number of rotatable bonds is 5. The highest BCUT2D eigenvalue weighted by molar-refractivity contribution is 7.89. The Bertz CT molecular complexity index is 987. The highest BCUT2D eigenvalue weighted by Gasteiger charge is 2.39. The van der Waals surface area contributed by atoms with Gasteiger partial charge < -0.3 is 10.6 Å². The minimum Gasteiger partial charge on any atom is -0.326 e. The summed E-state index contributed by atoms with van der Waals surface area (Å²) < 4.78 is 27.2. The second-order valence-electron chi connectivity index (χ2n) is 6.84. The molecule has 0 unspecified atom stereocenters. The average molecular weight is 401 g/mol. The molecule has 1 fully saturated rings. The first kappa shape index (κ1) is 20.0. The topological polar surface area (TPSA) is 95.6 Å². The Kier molecular flexibility index (Phi) is 5.81. The SMILES string of the molecule is CC(=O)Nc1cccc(NC(=O)[C@H]2CCCN2S(=O)(=O)c2ccc(C)cc2)c1. The quantitative estimate of drug-likeness (QED) is 0.805. The summed E-state index contributed by atoms with van der Waals surface area (Å²) in [5.74, 6) is -0.595. The van der Waals surface area contributed by atoms with Crippen LogP contribution in [0.2, 0.25) is 0 Å². The maximum Gasteiger partial charge on any atom is 0.243 e. The smallest absolute Gasteiger partial charge is 0.243 e. The minimum atomic E-state index is -3.75. The molecular weight excluding hydrogens is 378 g/mol. The Morgan fingerprint density at radius 3 is 2.32 bits per heavy atom. The van der Waals surface area contributed by atoms with Gasteiger partial charge in [-0.25, -0.2) is 8.42 Å². The average Bonchev–Trinajstić information content (AvgIpc) is 3.12. The van der Waals surface area contributed by atoms with Crippen molar-refractivity contribution in [1.82, 2.24) is 4.31 Å². The summed E-state index contributed by atoms with van der Waals surface area (Å²) in [6.45, 7) is 3.59. The van der Waals surface area contributed by atoms with Crippen LogP contribution in [-0.2, 0) is 19.6 Å². The molecule has 28 heavy (non-hydrogen) atoms. The van der Waals surface area contributed by atoms with E-state index in [1.54, 1.807) is 48.5 Å². The Hall–Kier alpha value is -2.71. The van der Waals surface area contributed by atoms with E-state index in [0.717, 1.165) is 5.56 Å². The van der Waals surface area contributed by atoms with Crippen LogP contribution in [-0.4, -0.2) is 37.1 Å². The number of anilines is 2. The van der Waals surface area contributed by atoms with Gasteiger partial charge in [-0.1, -0.05) is 23.8 Å². The maximum absolute atomic E-state index is 13.0. The maximum atomic E-state index is 13.0. The molecule has 2 aromatic rings. The van der Waals surface area contributed by atoms with Gasteiger partial charge in [-0.05, 0) is 50.1 Å². The van der Waals surface area contributed by atoms with E-state index in [0.29, 0.717) is 30.8 Å². The zero-order valence-corrected chi connectivity index (χ0v) is 16.6. The minimum absolute atomic E-state index is 0.186. The first-order valence-electron chi connectivity index (χ1n) is 9.04. The summed E-state index contributed by atoms with van der Waals surface area (Å²) in [4.78, 5) is 24.2. The molecule has 7 nitrogen and oxygen atoms in total. The van der Waals surface area contributed by atoms with Gasteiger partial charge in [0.25, 0.3) is 0 Å². The summed E-state index contributed by atoms with van der Waals surface area (Å²) in [6, 6.07) is 12.6. The van der Waals surface area contributed by atoms with Crippen LogP contribution >= 0.6 is 0 Å². The van der Waals surface area contributed by atoms with Gasteiger partial charge in [-0.15, -0.1) is 0 Å². The van der Waals surface area contributed by atoms with Gasteiger partial charge in [-0.3, -0.25) is 9.59 Å². The lowest BCUT2D eigenvalue weighted by Crippen LogP contribution is -2.43. The number of carbonyl (C=O) groups is 2. The number of sulfonamides is 1. The summed E-state index contributed by atoms with van der Waals surface area (Å²) in [5.41, 5.74) is 2.02. The number of amides is 2. The Balaban J connectivity index is 1.78.